The van der Waals surface area contributed by atoms with Crippen LogP contribution in [0, 0.1) is 0 Å². The normalized spacial score (nSPS) is 17.0. The topological polar surface area (TPSA) is 68.0 Å². The van der Waals surface area contributed by atoms with Crippen LogP contribution >= 0.6 is 23.4 Å². The smallest absolute Gasteiger partial charge is 0.277 e. The number of rotatable bonds is 5. The molecule has 1 N–H and O–H groups in total. The number of fused-ring (bicyclic) bond motifs is 1. The predicted molar refractivity (Wildman–Crippen MR) is 110 cm³/mol. The van der Waals surface area contributed by atoms with Crippen molar-refractivity contribution in [3.63, 3.8) is 0 Å². The Morgan fingerprint density at radius 2 is 2.00 bits per heavy atom. The number of carbonyl (C=O) groups is 1. The molecule has 7 heteroatoms. The van der Waals surface area contributed by atoms with Crippen LogP contribution in [-0.2, 0) is 11.2 Å². The number of nitrogens with zero attached hydrogens (tertiary/aromatic N) is 2. The van der Waals surface area contributed by atoms with E-state index in [1.807, 2.05) is 25.1 Å². The molecule has 0 aliphatic heterocycles. The van der Waals surface area contributed by atoms with E-state index in [1.165, 1.54) is 22.9 Å². The molecule has 0 spiro atoms. The summed E-state index contributed by atoms with van der Waals surface area (Å²) in [4.78, 5) is 12.7. The molecule has 3 aromatic rings. The Bertz CT molecular complexity index is 974. The van der Waals surface area contributed by atoms with Crippen LogP contribution in [0.1, 0.15) is 36.9 Å². The van der Waals surface area contributed by atoms with Gasteiger partial charge in [0.25, 0.3) is 5.22 Å². The summed E-state index contributed by atoms with van der Waals surface area (Å²) < 4.78 is 5.69. The monoisotopic (exact) mass is 413 g/mol. The van der Waals surface area contributed by atoms with Gasteiger partial charge in [-0.2, -0.15) is 0 Å². The van der Waals surface area contributed by atoms with E-state index >= 15 is 0 Å². The fourth-order valence-electron chi connectivity index (χ4n) is 3.36. The van der Waals surface area contributed by atoms with Crippen molar-refractivity contribution in [2.45, 2.75) is 42.7 Å². The standard InChI is InChI=1S/C21H20ClN3O2S/c1-13(19(26)23-18-8-4-6-14-5-2-3-7-17(14)18)28-21-25-24-20(27-21)15-9-11-16(22)12-10-15/h2-3,5,7,9-13,18H,4,6,8H2,1H3,(H,23,26)/t13-,18+/m1/s1. The molecule has 1 aliphatic carbocycles. The van der Waals surface area contributed by atoms with Crippen molar-refractivity contribution in [2.75, 3.05) is 0 Å². The second-order valence-corrected chi connectivity index (χ2v) is 8.52. The number of hydrogen-bond donors (Lipinski definition) is 1. The molecular weight excluding hydrogens is 394 g/mol. The van der Waals surface area contributed by atoms with E-state index in [4.69, 9.17) is 16.0 Å². The van der Waals surface area contributed by atoms with Crippen molar-refractivity contribution in [1.29, 1.82) is 0 Å². The minimum Gasteiger partial charge on any atom is -0.411 e. The van der Waals surface area contributed by atoms with Gasteiger partial charge in [0.05, 0.1) is 11.3 Å². The minimum absolute atomic E-state index is 0.0297. The summed E-state index contributed by atoms with van der Waals surface area (Å²) in [6, 6.07) is 15.6. The maximum absolute atomic E-state index is 12.7. The third kappa shape index (κ3) is 4.23. The number of aromatic nitrogens is 2. The number of aryl methyl sites for hydroxylation is 1. The van der Waals surface area contributed by atoms with Crippen LogP contribution in [0.2, 0.25) is 5.02 Å². The average Bonchev–Trinajstić information content (AvgIpc) is 3.17. The van der Waals surface area contributed by atoms with Gasteiger partial charge in [-0.25, -0.2) is 0 Å². The average molecular weight is 414 g/mol. The predicted octanol–water partition coefficient (Wildman–Crippen LogP) is 5.06. The molecule has 0 saturated heterocycles. The maximum atomic E-state index is 12.7. The van der Waals surface area contributed by atoms with Crippen LogP contribution in [0.4, 0.5) is 0 Å². The molecule has 0 bridgehead atoms. The molecular formula is C21H20ClN3O2S. The molecule has 0 unspecified atom stereocenters. The summed E-state index contributed by atoms with van der Waals surface area (Å²) in [5.41, 5.74) is 3.34. The number of benzene rings is 2. The third-order valence-corrected chi connectivity index (χ3v) is 6.02. The Balaban J connectivity index is 1.40. The Kier molecular flexibility index (Phi) is 5.69. The first-order chi connectivity index (χ1) is 13.6. The first-order valence-electron chi connectivity index (χ1n) is 9.24. The lowest BCUT2D eigenvalue weighted by Gasteiger charge is -2.27. The summed E-state index contributed by atoms with van der Waals surface area (Å²) in [5.74, 6) is 0.380. The summed E-state index contributed by atoms with van der Waals surface area (Å²) >= 11 is 7.17. The Morgan fingerprint density at radius 1 is 1.21 bits per heavy atom. The van der Waals surface area contributed by atoms with Gasteiger partial charge in [0, 0.05) is 10.6 Å². The minimum atomic E-state index is -0.340. The van der Waals surface area contributed by atoms with Crippen LogP contribution in [0.25, 0.3) is 11.5 Å². The van der Waals surface area contributed by atoms with Gasteiger partial charge < -0.3 is 9.73 Å². The molecule has 0 fully saturated rings. The van der Waals surface area contributed by atoms with Crippen LogP contribution in [0.5, 0.6) is 0 Å². The van der Waals surface area contributed by atoms with E-state index in [1.54, 1.807) is 12.1 Å². The second kappa shape index (κ2) is 8.37. The van der Waals surface area contributed by atoms with Crippen LogP contribution in [-0.4, -0.2) is 21.4 Å². The van der Waals surface area contributed by atoms with Crippen molar-refractivity contribution < 1.29 is 9.21 Å². The molecule has 0 saturated carbocycles. The molecule has 28 heavy (non-hydrogen) atoms. The molecule has 0 radical (unpaired) electrons. The van der Waals surface area contributed by atoms with Crippen molar-refractivity contribution >= 4 is 29.3 Å². The van der Waals surface area contributed by atoms with Crippen LogP contribution in [0.15, 0.2) is 58.2 Å². The molecule has 1 aromatic heterocycles. The molecule has 1 heterocycles. The highest BCUT2D eigenvalue weighted by Gasteiger charge is 2.25. The lowest BCUT2D eigenvalue weighted by atomic mass is 9.88. The number of thioether (sulfide) groups is 1. The molecule has 1 aliphatic rings. The summed E-state index contributed by atoms with van der Waals surface area (Å²) in [6.45, 7) is 1.85. The molecule has 4 rings (SSSR count). The molecule has 2 aromatic carbocycles. The second-order valence-electron chi connectivity index (χ2n) is 6.79. The first kappa shape index (κ1) is 19.0. The van der Waals surface area contributed by atoms with Gasteiger partial charge in [-0.05, 0) is 61.6 Å². The fourth-order valence-corrected chi connectivity index (χ4v) is 4.18. The Hall–Kier alpha value is -2.31. The highest BCUT2D eigenvalue weighted by molar-refractivity contribution is 8.00. The summed E-state index contributed by atoms with van der Waals surface area (Å²) in [7, 11) is 0. The highest BCUT2D eigenvalue weighted by Crippen LogP contribution is 2.31. The van der Waals surface area contributed by atoms with Gasteiger partial charge in [0.1, 0.15) is 0 Å². The van der Waals surface area contributed by atoms with Gasteiger partial charge in [-0.1, -0.05) is 47.6 Å². The third-order valence-electron chi connectivity index (χ3n) is 4.83. The number of nitrogens with one attached hydrogen (secondary N) is 1. The van der Waals surface area contributed by atoms with Crippen molar-refractivity contribution in [3.05, 3.63) is 64.7 Å². The highest BCUT2D eigenvalue weighted by atomic mass is 35.5. The van der Waals surface area contributed by atoms with Crippen LogP contribution < -0.4 is 5.32 Å². The first-order valence-corrected chi connectivity index (χ1v) is 10.5. The lowest BCUT2D eigenvalue weighted by molar-refractivity contribution is -0.121. The number of halogens is 1. The maximum Gasteiger partial charge on any atom is 0.277 e. The van der Waals surface area contributed by atoms with Crippen molar-refractivity contribution in [3.8, 4) is 11.5 Å². The zero-order valence-corrected chi connectivity index (χ0v) is 17.0. The quantitative estimate of drug-likeness (QED) is 0.592. The van der Waals surface area contributed by atoms with Crippen molar-refractivity contribution in [1.82, 2.24) is 15.5 Å². The SMILES string of the molecule is C[C@@H](Sc1nnc(-c2ccc(Cl)cc2)o1)C(=O)N[C@H]1CCCc2ccccc21. The molecule has 1 amide bonds. The van der Waals surface area contributed by atoms with E-state index in [0.717, 1.165) is 24.8 Å². The number of carbonyl (C=O) groups excluding carboxylic acids is 1. The molecule has 2 atom stereocenters. The van der Waals surface area contributed by atoms with E-state index < -0.39 is 0 Å². The van der Waals surface area contributed by atoms with E-state index in [2.05, 4.69) is 33.7 Å². The van der Waals surface area contributed by atoms with Gasteiger partial charge in [-0.3, -0.25) is 4.79 Å². The van der Waals surface area contributed by atoms with E-state index in [-0.39, 0.29) is 17.2 Å². The van der Waals surface area contributed by atoms with Gasteiger partial charge in [0.2, 0.25) is 11.8 Å². The van der Waals surface area contributed by atoms with Gasteiger partial charge >= 0.3 is 0 Å². The van der Waals surface area contributed by atoms with Gasteiger partial charge in [0.15, 0.2) is 0 Å². The Labute approximate surface area is 172 Å². The largest absolute Gasteiger partial charge is 0.411 e. The van der Waals surface area contributed by atoms with E-state index in [9.17, 15) is 4.79 Å². The lowest BCUT2D eigenvalue weighted by Crippen LogP contribution is -2.35. The summed E-state index contributed by atoms with van der Waals surface area (Å²) in [5, 5.41) is 12.0. The molecule has 5 nitrogen and oxygen atoms in total. The van der Waals surface area contributed by atoms with Crippen molar-refractivity contribution in [2.24, 2.45) is 0 Å². The number of amides is 1. The Morgan fingerprint density at radius 3 is 2.82 bits per heavy atom. The summed E-state index contributed by atoms with van der Waals surface area (Å²) in [6.07, 6.45) is 3.11. The fraction of sp³-hybridized carbons (Fsp3) is 0.286. The zero-order chi connectivity index (χ0) is 19.5. The van der Waals surface area contributed by atoms with Crippen LogP contribution in [0.3, 0.4) is 0 Å². The van der Waals surface area contributed by atoms with E-state index in [0.29, 0.717) is 16.1 Å². The number of hydrogen-bond acceptors (Lipinski definition) is 5. The van der Waals surface area contributed by atoms with Gasteiger partial charge in [-0.15, -0.1) is 10.2 Å². The zero-order valence-electron chi connectivity index (χ0n) is 15.4. The molecule has 144 valence electrons.